The summed E-state index contributed by atoms with van der Waals surface area (Å²) in [5, 5.41) is -0.746. The minimum Gasteiger partial charge on any atom is -0.195 e. The van der Waals surface area contributed by atoms with Crippen LogP contribution in [0.2, 0.25) is 0 Å². The van der Waals surface area contributed by atoms with Crippen LogP contribution in [-0.2, 0) is 10.2 Å². The van der Waals surface area contributed by atoms with Crippen molar-refractivity contribution in [3.63, 3.8) is 0 Å². The standard InChI is InChI=1S/C11H21FO2S/c1-11(2,3)9-5-4-6-10(8-7-9)15(12,13)14/h9-10H,4-8H2,1-3H3. The highest BCUT2D eigenvalue weighted by Crippen LogP contribution is 2.38. The van der Waals surface area contributed by atoms with Gasteiger partial charge in [0.1, 0.15) is 0 Å². The van der Waals surface area contributed by atoms with Crippen LogP contribution < -0.4 is 0 Å². The fraction of sp³-hybridized carbons (Fsp3) is 1.00. The highest BCUT2D eigenvalue weighted by atomic mass is 32.3. The summed E-state index contributed by atoms with van der Waals surface area (Å²) in [4.78, 5) is 0. The lowest BCUT2D eigenvalue weighted by molar-refractivity contribution is 0.215. The van der Waals surface area contributed by atoms with Gasteiger partial charge < -0.3 is 0 Å². The maximum Gasteiger partial charge on any atom is 0.305 e. The van der Waals surface area contributed by atoms with E-state index < -0.39 is 15.5 Å². The van der Waals surface area contributed by atoms with Gasteiger partial charge in [-0.15, -0.1) is 3.89 Å². The predicted octanol–water partition coefficient (Wildman–Crippen LogP) is 3.28. The fourth-order valence-corrected chi connectivity index (χ4v) is 3.28. The van der Waals surface area contributed by atoms with E-state index >= 15 is 0 Å². The minimum atomic E-state index is -4.32. The summed E-state index contributed by atoms with van der Waals surface area (Å²) in [6.07, 6.45) is 3.66. The second-order valence-corrected chi connectivity index (χ2v) is 7.29. The first-order valence-electron chi connectivity index (χ1n) is 5.65. The summed E-state index contributed by atoms with van der Waals surface area (Å²) in [7, 11) is -4.32. The highest BCUT2D eigenvalue weighted by molar-refractivity contribution is 7.87. The lowest BCUT2D eigenvalue weighted by Crippen LogP contribution is -2.20. The van der Waals surface area contributed by atoms with E-state index in [-0.39, 0.29) is 5.41 Å². The van der Waals surface area contributed by atoms with Crippen LogP contribution in [-0.4, -0.2) is 13.7 Å². The maximum absolute atomic E-state index is 12.9. The number of hydrogen-bond acceptors (Lipinski definition) is 2. The zero-order chi connectivity index (χ0) is 11.7. The van der Waals surface area contributed by atoms with E-state index in [9.17, 15) is 12.3 Å². The summed E-state index contributed by atoms with van der Waals surface area (Å²) in [5.74, 6) is 0.518. The van der Waals surface area contributed by atoms with Crippen molar-refractivity contribution in [2.24, 2.45) is 11.3 Å². The highest BCUT2D eigenvalue weighted by Gasteiger charge is 2.32. The summed E-state index contributed by atoms with van der Waals surface area (Å²) in [6.45, 7) is 6.51. The number of rotatable bonds is 1. The van der Waals surface area contributed by atoms with Crippen molar-refractivity contribution >= 4 is 10.2 Å². The van der Waals surface area contributed by atoms with Gasteiger partial charge in [0, 0.05) is 0 Å². The van der Waals surface area contributed by atoms with E-state index in [2.05, 4.69) is 20.8 Å². The third kappa shape index (κ3) is 3.74. The number of hydrogen-bond donors (Lipinski definition) is 0. The summed E-state index contributed by atoms with van der Waals surface area (Å²) < 4.78 is 34.5. The van der Waals surface area contributed by atoms with Gasteiger partial charge in [-0.1, -0.05) is 27.2 Å². The van der Waals surface area contributed by atoms with Crippen LogP contribution in [0.5, 0.6) is 0 Å². The smallest absolute Gasteiger partial charge is 0.195 e. The van der Waals surface area contributed by atoms with Gasteiger partial charge in [-0.05, 0) is 37.0 Å². The average molecular weight is 236 g/mol. The first-order chi connectivity index (χ1) is 6.71. The molecule has 2 atom stereocenters. The van der Waals surface area contributed by atoms with Crippen LogP contribution in [0.4, 0.5) is 3.89 Å². The molecule has 2 nitrogen and oxygen atoms in total. The van der Waals surface area contributed by atoms with Gasteiger partial charge in [0.2, 0.25) is 0 Å². The number of halogens is 1. The van der Waals surface area contributed by atoms with E-state index in [4.69, 9.17) is 0 Å². The van der Waals surface area contributed by atoms with E-state index in [0.717, 1.165) is 19.3 Å². The van der Waals surface area contributed by atoms with Crippen molar-refractivity contribution in [1.82, 2.24) is 0 Å². The Morgan fingerprint density at radius 2 is 1.67 bits per heavy atom. The Morgan fingerprint density at radius 3 is 2.13 bits per heavy atom. The topological polar surface area (TPSA) is 34.1 Å². The van der Waals surface area contributed by atoms with E-state index in [1.54, 1.807) is 0 Å². The zero-order valence-corrected chi connectivity index (χ0v) is 10.6. The van der Waals surface area contributed by atoms with Crippen molar-refractivity contribution in [1.29, 1.82) is 0 Å². The van der Waals surface area contributed by atoms with Crippen LogP contribution in [0.25, 0.3) is 0 Å². The molecule has 4 heteroatoms. The van der Waals surface area contributed by atoms with Gasteiger partial charge in [-0.25, -0.2) is 0 Å². The minimum absolute atomic E-state index is 0.203. The van der Waals surface area contributed by atoms with E-state index in [0.29, 0.717) is 18.8 Å². The summed E-state index contributed by atoms with van der Waals surface area (Å²) >= 11 is 0. The predicted molar refractivity (Wildman–Crippen MR) is 59.8 cm³/mol. The van der Waals surface area contributed by atoms with Crippen LogP contribution >= 0.6 is 0 Å². The van der Waals surface area contributed by atoms with E-state index in [1.807, 2.05) is 0 Å². The van der Waals surface area contributed by atoms with Crippen molar-refractivity contribution in [3.05, 3.63) is 0 Å². The molecule has 0 amide bonds. The third-order valence-corrected chi connectivity index (χ3v) is 4.81. The Labute approximate surface area is 92.5 Å². The maximum atomic E-state index is 12.9. The van der Waals surface area contributed by atoms with Crippen molar-refractivity contribution in [2.75, 3.05) is 0 Å². The summed E-state index contributed by atoms with van der Waals surface area (Å²) in [5.41, 5.74) is 0.203. The molecule has 90 valence electrons. The van der Waals surface area contributed by atoms with Gasteiger partial charge >= 0.3 is 10.2 Å². The molecule has 1 saturated carbocycles. The first-order valence-corrected chi connectivity index (χ1v) is 7.09. The van der Waals surface area contributed by atoms with Crippen LogP contribution in [0.15, 0.2) is 0 Å². The van der Waals surface area contributed by atoms with Gasteiger partial charge in [-0.3, -0.25) is 0 Å². The lowest BCUT2D eigenvalue weighted by atomic mass is 9.76. The van der Waals surface area contributed by atoms with Gasteiger partial charge in [-0.2, -0.15) is 8.42 Å². The molecule has 0 spiro atoms. The summed E-state index contributed by atoms with van der Waals surface area (Å²) in [6, 6.07) is 0. The van der Waals surface area contributed by atoms with Crippen molar-refractivity contribution in [3.8, 4) is 0 Å². The average Bonchev–Trinajstić information content (AvgIpc) is 2.24. The third-order valence-electron chi connectivity index (χ3n) is 3.54. The molecule has 0 radical (unpaired) electrons. The Hall–Kier alpha value is -0.120. The molecule has 0 aliphatic heterocycles. The molecule has 1 rings (SSSR count). The molecule has 1 aliphatic carbocycles. The Kier molecular flexibility index (Phi) is 3.80. The van der Waals surface area contributed by atoms with Crippen LogP contribution in [0, 0.1) is 11.3 Å². The molecule has 15 heavy (non-hydrogen) atoms. The molecule has 2 unspecified atom stereocenters. The largest absolute Gasteiger partial charge is 0.305 e. The molecule has 0 bridgehead atoms. The monoisotopic (exact) mass is 236 g/mol. The Morgan fingerprint density at radius 1 is 1.07 bits per heavy atom. The van der Waals surface area contributed by atoms with Crippen molar-refractivity contribution in [2.45, 2.75) is 58.1 Å². The molecule has 0 aromatic carbocycles. The molecule has 0 N–H and O–H groups in total. The lowest BCUT2D eigenvalue weighted by Gasteiger charge is -2.29. The van der Waals surface area contributed by atoms with Gasteiger partial charge in [0.15, 0.2) is 0 Å². The van der Waals surface area contributed by atoms with E-state index in [1.165, 1.54) is 0 Å². The normalized spacial score (nSPS) is 29.9. The first kappa shape index (κ1) is 12.9. The van der Waals surface area contributed by atoms with Crippen LogP contribution in [0.3, 0.4) is 0 Å². The molecule has 0 heterocycles. The molecular formula is C11H21FO2S. The van der Waals surface area contributed by atoms with Crippen LogP contribution in [0.1, 0.15) is 52.9 Å². The Balaban J connectivity index is 2.65. The molecular weight excluding hydrogens is 215 g/mol. The molecule has 1 fully saturated rings. The second kappa shape index (κ2) is 4.40. The zero-order valence-electron chi connectivity index (χ0n) is 9.79. The Bertz CT molecular complexity index is 303. The molecule has 0 aromatic rings. The molecule has 0 aromatic heterocycles. The molecule has 1 aliphatic rings. The fourth-order valence-electron chi connectivity index (χ4n) is 2.42. The second-order valence-electron chi connectivity index (χ2n) is 5.67. The molecule has 0 saturated heterocycles. The van der Waals surface area contributed by atoms with Gasteiger partial charge in [0.05, 0.1) is 5.25 Å². The van der Waals surface area contributed by atoms with Gasteiger partial charge in [0.25, 0.3) is 0 Å². The SMILES string of the molecule is CC(C)(C)C1CCCC(S(=O)(=O)F)CC1. The quantitative estimate of drug-likeness (QED) is 0.517. The van der Waals surface area contributed by atoms with Crippen molar-refractivity contribution < 1.29 is 12.3 Å².